The van der Waals surface area contributed by atoms with Crippen molar-refractivity contribution in [3.63, 3.8) is 0 Å². The molecule has 3 nitrogen and oxygen atoms in total. The molecule has 1 aromatic carbocycles. The Labute approximate surface area is 131 Å². The molecule has 0 aliphatic carbocycles. The van der Waals surface area contributed by atoms with Gasteiger partial charge in [-0.3, -0.25) is 0 Å². The number of benzene rings is 1. The molecule has 0 radical (unpaired) electrons. The predicted octanol–water partition coefficient (Wildman–Crippen LogP) is 2.15. The summed E-state index contributed by atoms with van der Waals surface area (Å²) in [5, 5.41) is 12.3. The van der Waals surface area contributed by atoms with Gasteiger partial charge in [0.1, 0.15) is 0 Å². The van der Waals surface area contributed by atoms with Gasteiger partial charge in [0.25, 0.3) is 0 Å². The van der Waals surface area contributed by atoms with Crippen molar-refractivity contribution in [2.75, 3.05) is 20.1 Å². The highest BCUT2D eigenvalue weighted by Gasteiger charge is 2.17. The van der Waals surface area contributed by atoms with Crippen molar-refractivity contribution in [2.24, 2.45) is 5.73 Å². The minimum atomic E-state index is -0.501. The van der Waals surface area contributed by atoms with Gasteiger partial charge in [0.2, 0.25) is 0 Å². The standard InChI is InChI=1S/C17H24N2OS/c1-19(10-9-15-8-5-11-21-15)13-17(20)16(18)12-14-6-3-2-4-7-14/h2-8,11,16-17,20H,9-10,12-13,18H2,1H3. The summed E-state index contributed by atoms with van der Waals surface area (Å²) in [7, 11) is 2.03. The second-order valence-corrected chi connectivity index (χ2v) is 6.54. The number of aliphatic hydroxyl groups excluding tert-OH is 1. The molecule has 2 unspecified atom stereocenters. The van der Waals surface area contributed by atoms with Crippen LogP contribution in [0.3, 0.4) is 0 Å². The Morgan fingerprint density at radius 1 is 1.19 bits per heavy atom. The zero-order chi connectivity index (χ0) is 15.1. The summed E-state index contributed by atoms with van der Waals surface area (Å²) in [6.07, 6.45) is 1.23. The van der Waals surface area contributed by atoms with E-state index in [0.717, 1.165) is 13.0 Å². The van der Waals surface area contributed by atoms with Crippen molar-refractivity contribution in [1.82, 2.24) is 4.90 Å². The number of aliphatic hydroxyl groups is 1. The third-order valence-corrected chi connectivity index (χ3v) is 4.56. The molecule has 21 heavy (non-hydrogen) atoms. The normalized spacial score (nSPS) is 14.3. The summed E-state index contributed by atoms with van der Waals surface area (Å²) >= 11 is 1.78. The number of likely N-dealkylation sites (N-methyl/N-ethyl adjacent to an activating group) is 1. The summed E-state index contributed by atoms with van der Waals surface area (Å²) in [5.41, 5.74) is 7.29. The van der Waals surface area contributed by atoms with Gasteiger partial charge in [-0.15, -0.1) is 11.3 Å². The molecule has 114 valence electrons. The molecule has 0 bridgehead atoms. The van der Waals surface area contributed by atoms with Crippen LogP contribution in [-0.4, -0.2) is 42.3 Å². The fraction of sp³-hybridized carbons (Fsp3) is 0.412. The summed E-state index contributed by atoms with van der Waals surface area (Å²) in [6, 6.07) is 14.1. The number of hydrogen-bond donors (Lipinski definition) is 2. The Morgan fingerprint density at radius 3 is 2.62 bits per heavy atom. The molecule has 0 saturated heterocycles. The van der Waals surface area contributed by atoms with E-state index >= 15 is 0 Å². The van der Waals surface area contributed by atoms with E-state index in [1.165, 1.54) is 10.4 Å². The van der Waals surface area contributed by atoms with E-state index in [1.54, 1.807) is 11.3 Å². The molecule has 0 amide bonds. The molecule has 1 aromatic heterocycles. The van der Waals surface area contributed by atoms with Gasteiger partial charge in [-0.2, -0.15) is 0 Å². The van der Waals surface area contributed by atoms with Crippen LogP contribution in [0.2, 0.25) is 0 Å². The van der Waals surface area contributed by atoms with Crippen LogP contribution in [0.25, 0.3) is 0 Å². The van der Waals surface area contributed by atoms with E-state index in [1.807, 2.05) is 37.4 Å². The number of hydrogen-bond acceptors (Lipinski definition) is 4. The molecule has 0 aliphatic heterocycles. The molecule has 2 atom stereocenters. The molecular weight excluding hydrogens is 280 g/mol. The van der Waals surface area contributed by atoms with Crippen molar-refractivity contribution < 1.29 is 5.11 Å². The van der Waals surface area contributed by atoms with Gasteiger partial charge in [-0.1, -0.05) is 36.4 Å². The lowest BCUT2D eigenvalue weighted by Crippen LogP contribution is -2.44. The van der Waals surface area contributed by atoms with E-state index in [9.17, 15) is 5.11 Å². The van der Waals surface area contributed by atoms with E-state index in [2.05, 4.69) is 22.4 Å². The molecule has 0 aliphatic rings. The van der Waals surface area contributed by atoms with E-state index in [0.29, 0.717) is 13.0 Å². The first-order valence-electron chi connectivity index (χ1n) is 7.33. The first-order valence-corrected chi connectivity index (χ1v) is 8.21. The molecule has 2 aromatic rings. The molecule has 2 rings (SSSR count). The fourth-order valence-electron chi connectivity index (χ4n) is 2.32. The Kier molecular flexibility index (Phi) is 6.39. The van der Waals surface area contributed by atoms with Crippen LogP contribution in [0.4, 0.5) is 0 Å². The average Bonchev–Trinajstić information content (AvgIpc) is 2.99. The molecule has 4 heteroatoms. The highest BCUT2D eigenvalue weighted by Crippen LogP contribution is 2.10. The minimum absolute atomic E-state index is 0.225. The average molecular weight is 304 g/mol. The van der Waals surface area contributed by atoms with E-state index in [-0.39, 0.29) is 6.04 Å². The summed E-state index contributed by atoms with van der Waals surface area (Å²) in [4.78, 5) is 3.53. The largest absolute Gasteiger partial charge is 0.390 e. The summed E-state index contributed by atoms with van der Waals surface area (Å²) in [5.74, 6) is 0. The molecule has 3 N–H and O–H groups in total. The van der Waals surface area contributed by atoms with Gasteiger partial charge in [-0.25, -0.2) is 0 Å². The Balaban J connectivity index is 1.73. The van der Waals surface area contributed by atoms with E-state index in [4.69, 9.17) is 5.73 Å². The van der Waals surface area contributed by atoms with Crippen LogP contribution in [0.1, 0.15) is 10.4 Å². The van der Waals surface area contributed by atoms with Crippen LogP contribution in [-0.2, 0) is 12.8 Å². The monoisotopic (exact) mass is 304 g/mol. The third kappa shape index (κ3) is 5.59. The third-order valence-electron chi connectivity index (χ3n) is 3.63. The first-order chi connectivity index (χ1) is 10.1. The highest BCUT2D eigenvalue weighted by molar-refractivity contribution is 7.09. The summed E-state index contributed by atoms with van der Waals surface area (Å²) in [6.45, 7) is 1.55. The van der Waals surface area contributed by atoms with Crippen LogP contribution < -0.4 is 5.73 Å². The van der Waals surface area contributed by atoms with Gasteiger partial charge in [0, 0.05) is 24.0 Å². The van der Waals surface area contributed by atoms with Gasteiger partial charge in [0.15, 0.2) is 0 Å². The second-order valence-electron chi connectivity index (χ2n) is 5.51. The maximum atomic E-state index is 10.2. The zero-order valence-corrected chi connectivity index (χ0v) is 13.3. The maximum Gasteiger partial charge on any atom is 0.0820 e. The highest BCUT2D eigenvalue weighted by atomic mass is 32.1. The SMILES string of the molecule is CN(CCc1cccs1)CC(O)C(N)Cc1ccccc1. The van der Waals surface area contributed by atoms with Crippen molar-refractivity contribution >= 4 is 11.3 Å². The number of nitrogens with zero attached hydrogens (tertiary/aromatic N) is 1. The molecule has 0 saturated carbocycles. The Bertz CT molecular complexity index is 501. The number of thiophene rings is 1. The molecule has 1 heterocycles. The predicted molar refractivity (Wildman–Crippen MR) is 89.6 cm³/mol. The lowest BCUT2D eigenvalue weighted by molar-refractivity contribution is 0.102. The van der Waals surface area contributed by atoms with E-state index < -0.39 is 6.10 Å². The van der Waals surface area contributed by atoms with Crippen molar-refractivity contribution in [2.45, 2.75) is 25.0 Å². The van der Waals surface area contributed by atoms with Gasteiger partial charge < -0.3 is 15.7 Å². The summed E-state index contributed by atoms with van der Waals surface area (Å²) < 4.78 is 0. The maximum absolute atomic E-state index is 10.2. The van der Waals surface area contributed by atoms with Crippen LogP contribution >= 0.6 is 11.3 Å². The molecule has 0 spiro atoms. The zero-order valence-electron chi connectivity index (χ0n) is 12.5. The van der Waals surface area contributed by atoms with Gasteiger partial charge >= 0.3 is 0 Å². The topological polar surface area (TPSA) is 49.5 Å². The van der Waals surface area contributed by atoms with Crippen LogP contribution in [0.5, 0.6) is 0 Å². The van der Waals surface area contributed by atoms with Gasteiger partial charge in [0.05, 0.1) is 6.10 Å². The first kappa shape index (κ1) is 16.2. The lowest BCUT2D eigenvalue weighted by Gasteiger charge is -2.24. The van der Waals surface area contributed by atoms with Crippen LogP contribution in [0, 0.1) is 0 Å². The fourth-order valence-corrected chi connectivity index (χ4v) is 3.02. The Morgan fingerprint density at radius 2 is 1.95 bits per heavy atom. The van der Waals surface area contributed by atoms with Crippen molar-refractivity contribution in [1.29, 1.82) is 0 Å². The van der Waals surface area contributed by atoms with Crippen molar-refractivity contribution in [3.8, 4) is 0 Å². The Hall–Kier alpha value is -1.20. The van der Waals surface area contributed by atoms with Crippen molar-refractivity contribution in [3.05, 3.63) is 58.3 Å². The number of nitrogens with two attached hydrogens (primary N) is 1. The molecular formula is C17H24N2OS. The quantitative estimate of drug-likeness (QED) is 0.786. The minimum Gasteiger partial charge on any atom is -0.390 e. The smallest absolute Gasteiger partial charge is 0.0820 e. The van der Waals surface area contributed by atoms with Crippen LogP contribution in [0.15, 0.2) is 47.8 Å². The second kappa shape index (κ2) is 8.29. The number of rotatable bonds is 8. The molecule has 0 fully saturated rings. The van der Waals surface area contributed by atoms with Gasteiger partial charge in [-0.05, 0) is 36.9 Å². The lowest BCUT2D eigenvalue weighted by atomic mass is 10.0.